The van der Waals surface area contributed by atoms with Gasteiger partial charge in [0.15, 0.2) is 5.11 Å². The minimum atomic E-state index is 0.388. The Morgan fingerprint density at radius 3 is 2.72 bits per heavy atom. The van der Waals surface area contributed by atoms with Gasteiger partial charge in [-0.1, -0.05) is 6.07 Å². The molecule has 0 fully saturated rings. The monoisotopic (exact) mass is 257 g/mol. The molecule has 6 heteroatoms. The number of pyridine rings is 2. The molecule has 0 atom stereocenters. The summed E-state index contributed by atoms with van der Waals surface area (Å²) in [6.45, 7) is 0. The first-order valence-electron chi connectivity index (χ1n) is 5.26. The Morgan fingerprint density at radius 2 is 2.00 bits per heavy atom. The molecule has 5 nitrogen and oxygen atoms in total. The molecule has 2 heterocycles. The van der Waals surface area contributed by atoms with Crippen molar-refractivity contribution < 1.29 is 0 Å². The van der Waals surface area contributed by atoms with Crippen LogP contribution in [0, 0.1) is 0 Å². The molecule has 2 aromatic rings. The molecule has 0 saturated carbocycles. The predicted molar refractivity (Wildman–Crippen MR) is 75.4 cm³/mol. The van der Waals surface area contributed by atoms with Crippen LogP contribution in [0.5, 0.6) is 0 Å². The Balaban J connectivity index is 1.84. The van der Waals surface area contributed by atoms with Crippen LogP contribution in [-0.2, 0) is 0 Å². The summed E-state index contributed by atoms with van der Waals surface area (Å²) in [5, 5.41) is 7.30. The van der Waals surface area contributed by atoms with Crippen molar-refractivity contribution in [1.82, 2.24) is 15.4 Å². The van der Waals surface area contributed by atoms with E-state index in [1.54, 1.807) is 24.8 Å². The van der Waals surface area contributed by atoms with Crippen LogP contribution in [0.1, 0.15) is 5.56 Å². The third-order valence-corrected chi connectivity index (χ3v) is 2.19. The standard InChI is InChI=1S/C12H11N5S/c18-12(16-11-3-1-2-6-14-11)17-15-9-10-4-7-13-8-5-10/h1-9H,(H2,14,16,17,18)/b15-9+. The molecule has 2 aromatic heterocycles. The highest BCUT2D eigenvalue weighted by molar-refractivity contribution is 7.80. The van der Waals surface area contributed by atoms with E-state index >= 15 is 0 Å². The van der Waals surface area contributed by atoms with Gasteiger partial charge in [-0.3, -0.25) is 10.4 Å². The first-order chi connectivity index (χ1) is 8.84. The number of nitrogens with zero attached hydrogens (tertiary/aromatic N) is 3. The molecule has 0 aliphatic rings. The summed E-state index contributed by atoms with van der Waals surface area (Å²) < 4.78 is 0. The largest absolute Gasteiger partial charge is 0.316 e. The second-order valence-corrected chi connectivity index (χ2v) is 3.73. The third kappa shape index (κ3) is 3.91. The first-order valence-corrected chi connectivity index (χ1v) is 5.66. The Bertz CT molecular complexity index is 527. The summed E-state index contributed by atoms with van der Waals surface area (Å²) in [6, 6.07) is 9.23. The molecule has 0 saturated heterocycles. The van der Waals surface area contributed by atoms with E-state index in [2.05, 4.69) is 25.8 Å². The maximum atomic E-state index is 5.06. The van der Waals surface area contributed by atoms with E-state index in [0.29, 0.717) is 10.9 Å². The highest BCUT2D eigenvalue weighted by Crippen LogP contribution is 1.98. The smallest absolute Gasteiger partial charge is 0.192 e. The molecule has 0 unspecified atom stereocenters. The van der Waals surface area contributed by atoms with E-state index in [1.807, 2.05) is 30.3 Å². The van der Waals surface area contributed by atoms with E-state index in [4.69, 9.17) is 12.2 Å². The summed E-state index contributed by atoms with van der Waals surface area (Å²) in [6.07, 6.45) is 6.75. The number of anilines is 1. The van der Waals surface area contributed by atoms with Crippen molar-refractivity contribution in [2.75, 3.05) is 5.32 Å². The Hall–Kier alpha value is -2.34. The van der Waals surface area contributed by atoms with Crippen molar-refractivity contribution in [3.63, 3.8) is 0 Å². The Kier molecular flexibility index (Phi) is 4.32. The van der Waals surface area contributed by atoms with Gasteiger partial charge >= 0.3 is 0 Å². The van der Waals surface area contributed by atoms with Gasteiger partial charge in [0, 0.05) is 18.6 Å². The molecule has 90 valence electrons. The average Bonchev–Trinajstić information content (AvgIpc) is 2.41. The van der Waals surface area contributed by atoms with Gasteiger partial charge in [-0.05, 0) is 42.0 Å². The molecule has 18 heavy (non-hydrogen) atoms. The Morgan fingerprint density at radius 1 is 1.17 bits per heavy atom. The van der Waals surface area contributed by atoms with Crippen LogP contribution >= 0.6 is 12.2 Å². The van der Waals surface area contributed by atoms with Gasteiger partial charge in [-0.2, -0.15) is 5.10 Å². The van der Waals surface area contributed by atoms with Gasteiger partial charge in [0.25, 0.3) is 0 Å². The van der Waals surface area contributed by atoms with Crippen molar-refractivity contribution in [2.45, 2.75) is 0 Å². The number of hydrazone groups is 1. The van der Waals surface area contributed by atoms with Crippen LogP contribution in [0.4, 0.5) is 5.82 Å². The van der Waals surface area contributed by atoms with Gasteiger partial charge in [-0.15, -0.1) is 0 Å². The van der Waals surface area contributed by atoms with Gasteiger partial charge in [0.2, 0.25) is 0 Å². The minimum absolute atomic E-state index is 0.388. The number of aromatic nitrogens is 2. The van der Waals surface area contributed by atoms with E-state index in [-0.39, 0.29) is 0 Å². The molecule has 0 amide bonds. The highest BCUT2D eigenvalue weighted by Gasteiger charge is 1.95. The first kappa shape index (κ1) is 12.1. The van der Waals surface area contributed by atoms with Crippen molar-refractivity contribution >= 4 is 29.4 Å². The molecule has 0 aromatic carbocycles. The summed E-state index contributed by atoms with van der Waals surface area (Å²) in [5.74, 6) is 0.675. The zero-order chi connectivity index (χ0) is 12.6. The zero-order valence-electron chi connectivity index (χ0n) is 9.45. The molecule has 0 bridgehead atoms. The maximum absolute atomic E-state index is 5.06. The molecule has 2 N–H and O–H groups in total. The second kappa shape index (κ2) is 6.41. The molecule has 2 rings (SSSR count). The summed E-state index contributed by atoms with van der Waals surface area (Å²) in [4.78, 5) is 8.00. The lowest BCUT2D eigenvalue weighted by molar-refractivity contribution is 1.05. The molecule has 0 aliphatic heterocycles. The van der Waals surface area contributed by atoms with Gasteiger partial charge in [-0.25, -0.2) is 4.98 Å². The molecular weight excluding hydrogens is 246 g/mol. The van der Waals surface area contributed by atoms with Crippen molar-refractivity contribution in [1.29, 1.82) is 0 Å². The predicted octanol–water partition coefficient (Wildman–Crippen LogP) is 1.80. The van der Waals surface area contributed by atoms with Crippen LogP contribution in [0.25, 0.3) is 0 Å². The van der Waals surface area contributed by atoms with Crippen molar-refractivity contribution in [3.8, 4) is 0 Å². The van der Waals surface area contributed by atoms with Gasteiger partial charge < -0.3 is 5.32 Å². The lowest BCUT2D eigenvalue weighted by Crippen LogP contribution is -2.24. The fraction of sp³-hybridized carbons (Fsp3) is 0. The number of thiocarbonyl (C=S) groups is 1. The van der Waals surface area contributed by atoms with Gasteiger partial charge in [0.1, 0.15) is 5.82 Å². The van der Waals surface area contributed by atoms with E-state index in [0.717, 1.165) is 5.56 Å². The lowest BCUT2D eigenvalue weighted by Gasteiger charge is -2.04. The molecule has 0 radical (unpaired) electrons. The third-order valence-electron chi connectivity index (χ3n) is 1.99. The fourth-order valence-corrected chi connectivity index (χ4v) is 1.35. The SMILES string of the molecule is S=C(N/N=C/c1ccncc1)Nc1ccccn1. The van der Waals surface area contributed by atoms with E-state index in [9.17, 15) is 0 Å². The summed E-state index contributed by atoms with van der Waals surface area (Å²) in [7, 11) is 0. The second-order valence-electron chi connectivity index (χ2n) is 3.32. The fourth-order valence-electron chi connectivity index (χ4n) is 1.20. The highest BCUT2D eigenvalue weighted by atomic mass is 32.1. The summed E-state index contributed by atoms with van der Waals surface area (Å²) >= 11 is 5.06. The summed E-state index contributed by atoms with van der Waals surface area (Å²) in [5.41, 5.74) is 3.65. The van der Waals surface area contributed by atoms with Crippen LogP contribution in [0.3, 0.4) is 0 Å². The topological polar surface area (TPSA) is 62.2 Å². The number of nitrogens with one attached hydrogen (secondary N) is 2. The lowest BCUT2D eigenvalue weighted by atomic mass is 10.3. The quantitative estimate of drug-likeness (QED) is 0.499. The zero-order valence-corrected chi connectivity index (χ0v) is 10.3. The van der Waals surface area contributed by atoms with Gasteiger partial charge in [0.05, 0.1) is 6.21 Å². The van der Waals surface area contributed by atoms with Crippen LogP contribution in [-0.4, -0.2) is 21.3 Å². The average molecular weight is 257 g/mol. The van der Waals surface area contributed by atoms with E-state index in [1.165, 1.54) is 0 Å². The number of rotatable bonds is 3. The van der Waals surface area contributed by atoms with Crippen molar-refractivity contribution in [2.24, 2.45) is 5.10 Å². The van der Waals surface area contributed by atoms with E-state index < -0.39 is 0 Å². The number of hydrogen-bond acceptors (Lipinski definition) is 4. The maximum Gasteiger partial charge on any atom is 0.192 e. The molecule has 0 aliphatic carbocycles. The Labute approximate surface area is 110 Å². The van der Waals surface area contributed by atoms with Crippen molar-refractivity contribution in [3.05, 3.63) is 54.5 Å². The molecular formula is C12H11N5S. The number of hydrogen-bond donors (Lipinski definition) is 2. The minimum Gasteiger partial charge on any atom is -0.316 e. The van der Waals surface area contributed by atoms with Crippen LogP contribution in [0.2, 0.25) is 0 Å². The normalized spacial score (nSPS) is 10.2. The van der Waals surface area contributed by atoms with Crippen LogP contribution < -0.4 is 10.7 Å². The van der Waals surface area contributed by atoms with Crippen LogP contribution in [0.15, 0.2) is 54.0 Å². The molecule has 0 spiro atoms.